The molecule has 0 spiro atoms. The van der Waals surface area contributed by atoms with Gasteiger partial charge in [-0.3, -0.25) is 4.79 Å². The Morgan fingerprint density at radius 1 is 0.692 bits per heavy atom. The molecule has 2 heterocycles. The molecular weight excluding hydrogens is 512 g/mol. The van der Waals surface area contributed by atoms with Gasteiger partial charge in [-0.1, -0.05) is 77.6 Å². The first-order valence-electron chi connectivity index (χ1n) is 14.8. The second-order valence-electron chi connectivity index (χ2n) is 11.2. The van der Waals surface area contributed by atoms with Crippen LogP contribution in [0.2, 0.25) is 0 Å². The zero-order valence-electron chi connectivity index (χ0n) is 23.8. The summed E-state index contributed by atoms with van der Waals surface area (Å²) in [6, 6.07) is 0. The highest BCUT2D eigenvalue weighted by atomic mass is 16.8. The minimum absolute atomic E-state index is 0.276. The number of carboxylic acids is 1. The third kappa shape index (κ3) is 11.1. The highest BCUT2D eigenvalue weighted by Crippen LogP contribution is 2.31. The first-order valence-corrected chi connectivity index (χ1v) is 14.8. The molecule has 1 unspecified atom stereocenters. The van der Waals surface area contributed by atoms with E-state index in [1.54, 1.807) is 6.92 Å². The zero-order valence-corrected chi connectivity index (χ0v) is 23.8. The van der Waals surface area contributed by atoms with Crippen LogP contribution in [0.3, 0.4) is 0 Å². The van der Waals surface area contributed by atoms with Crippen LogP contribution in [0.1, 0.15) is 104 Å². The van der Waals surface area contributed by atoms with E-state index in [0.29, 0.717) is 6.42 Å². The molecular formula is C28H52O11. The van der Waals surface area contributed by atoms with E-state index < -0.39 is 73.5 Å². The Morgan fingerprint density at radius 3 is 1.72 bits per heavy atom. The van der Waals surface area contributed by atoms with Crippen LogP contribution in [0.25, 0.3) is 0 Å². The quantitative estimate of drug-likeness (QED) is 0.135. The van der Waals surface area contributed by atoms with Gasteiger partial charge in [0.25, 0.3) is 0 Å². The van der Waals surface area contributed by atoms with Crippen LogP contribution in [0.15, 0.2) is 0 Å². The Morgan fingerprint density at radius 2 is 1.18 bits per heavy atom. The molecule has 11 atom stereocenters. The molecule has 6 N–H and O–H groups in total. The summed E-state index contributed by atoms with van der Waals surface area (Å²) >= 11 is 0. The summed E-state index contributed by atoms with van der Waals surface area (Å²) in [5.41, 5.74) is 0. The number of aliphatic hydroxyl groups is 5. The van der Waals surface area contributed by atoms with Crippen LogP contribution in [0.4, 0.5) is 0 Å². The van der Waals surface area contributed by atoms with Crippen molar-refractivity contribution in [2.75, 3.05) is 0 Å². The van der Waals surface area contributed by atoms with Gasteiger partial charge in [0.15, 0.2) is 12.6 Å². The highest BCUT2D eigenvalue weighted by Gasteiger charge is 2.50. The third-order valence-corrected chi connectivity index (χ3v) is 7.74. The Labute approximate surface area is 232 Å². The van der Waals surface area contributed by atoms with Crippen molar-refractivity contribution in [1.82, 2.24) is 0 Å². The van der Waals surface area contributed by atoms with Crippen LogP contribution in [-0.2, 0) is 23.7 Å². The summed E-state index contributed by atoms with van der Waals surface area (Å²) in [6.07, 6.45) is -0.856. The van der Waals surface area contributed by atoms with Crippen LogP contribution in [-0.4, -0.2) is 104 Å². The van der Waals surface area contributed by atoms with Gasteiger partial charge in [-0.15, -0.1) is 0 Å². The summed E-state index contributed by atoms with van der Waals surface area (Å²) in [5.74, 6) is -1.04. The van der Waals surface area contributed by atoms with Crippen LogP contribution < -0.4 is 0 Å². The Hall–Kier alpha value is -0.890. The van der Waals surface area contributed by atoms with Gasteiger partial charge < -0.3 is 49.6 Å². The molecule has 0 aromatic heterocycles. The van der Waals surface area contributed by atoms with Gasteiger partial charge in [-0.25, -0.2) is 0 Å². The van der Waals surface area contributed by atoms with Crippen molar-refractivity contribution in [3.63, 3.8) is 0 Å². The molecule has 0 aliphatic carbocycles. The van der Waals surface area contributed by atoms with Crippen molar-refractivity contribution in [2.24, 2.45) is 0 Å². The number of hydrogen-bond acceptors (Lipinski definition) is 10. The van der Waals surface area contributed by atoms with E-state index in [4.69, 9.17) is 18.9 Å². The monoisotopic (exact) mass is 564 g/mol. The summed E-state index contributed by atoms with van der Waals surface area (Å²) in [5, 5.41) is 61.0. The number of aliphatic carboxylic acids is 1. The van der Waals surface area contributed by atoms with Crippen molar-refractivity contribution >= 4 is 5.97 Å². The number of hydrogen-bond donors (Lipinski definition) is 6. The lowest BCUT2D eigenvalue weighted by Crippen LogP contribution is -2.63. The molecule has 11 heteroatoms. The lowest BCUT2D eigenvalue weighted by molar-refractivity contribution is -0.366. The van der Waals surface area contributed by atoms with E-state index >= 15 is 0 Å². The summed E-state index contributed by atoms with van der Waals surface area (Å²) in [6.45, 7) is 5.25. The van der Waals surface area contributed by atoms with Crippen molar-refractivity contribution in [3.8, 4) is 0 Å². The van der Waals surface area contributed by atoms with Gasteiger partial charge in [0.1, 0.15) is 36.6 Å². The number of carbonyl (C=O) groups is 1. The topological polar surface area (TPSA) is 175 Å². The SMILES string of the molecule is CCCCCCCCCCCCCC(CC(=O)O)O[C@@H]1O[C@@H](C)[C@H](O)[C@@H](O)[C@H]1O[C@H]1O[C@@H](C)[C@@H](O)[C@H](O)[C@@H]1O. The van der Waals surface area contributed by atoms with E-state index in [-0.39, 0.29) is 6.42 Å². The second-order valence-corrected chi connectivity index (χ2v) is 11.2. The summed E-state index contributed by atoms with van der Waals surface area (Å²) in [4.78, 5) is 11.5. The normalized spacial score (nSPS) is 36.1. The number of unbranched alkanes of at least 4 members (excludes halogenated alkanes) is 10. The predicted octanol–water partition coefficient (Wildman–Crippen LogP) is 2.23. The van der Waals surface area contributed by atoms with Crippen LogP contribution in [0, 0.1) is 0 Å². The minimum Gasteiger partial charge on any atom is -0.481 e. The molecule has 0 radical (unpaired) electrons. The Kier molecular flexibility index (Phi) is 15.7. The predicted molar refractivity (Wildman–Crippen MR) is 142 cm³/mol. The van der Waals surface area contributed by atoms with Gasteiger partial charge in [0.2, 0.25) is 0 Å². The molecule has 2 saturated heterocycles. The number of rotatable bonds is 18. The van der Waals surface area contributed by atoms with Gasteiger partial charge >= 0.3 is 5.97 Å². The van der Waals surface area contributed by atoms with Gasteiger partial charge in [-0.2, -0.15) is 0 Å². The lowest BCUT2D eigenvalue weighted by Gasteiger charge is -2.46. The first kappa shape index (κ1) is 34.3. The number of carboxylic acid groups (broad SMARTS) is 1. The lowest BCUT2D eigenvalue weighted by atomic mass is 9.97. The number of aliphatic hydroxyl groups excluding tert-OH is 5. The number of ether oxygens (including phenoxy) is 4. The second kappa shape index (κ2) is 17.8. The fourth-order valence-electron chi connectivity index (χ4n) is 5.18. The van der Waals surface area contributed by atoms with Crippen LogP contribution in [0.5, 0.6) is 0 Å². The van der Waals surface area contributed by atoms with E-state index in [0.717, 1.165) is 25.7 Å². The Balaban J connectivity index is 1.90. The molecule has 2 rings (SSSR count). The molecule has 0 amide bonds. The van der Waals surface area contributed by atoms with Gasteiger partial charge in [-0.05, 0) is 20.3 Å². The molecule has 230 valence electrons. The van der Waals surface area contributed by atoms with E-state index in [1.807, 2.05) is 0 Å². The molecule has 0 aromatic rings. The maximum atomic E-state index is 11.5. The standard InChI is InChI=1S/C28H52O11/c1-4-5-6-7-8-9-10-11-12-13-14-15-19(16-20(29)30)38-28-26(24(34)22(32)18(3)37-28)39-27-25(35)23(33)21(31)17(2)36-27/h17-19,21-28,31-35H,4-16H2,1-3H3,(H,29,30)/t17-,18-,19?,21+,22-,23-,24+,25-,26+,27+,28-/m0/s1. The van der Waals surface area contributed by atoms with E-state index in [2.05, 4.69) is 6.92 Å². The molecule has 11 nitrogen and oxygen atoms in total. The highest BCUT2D eigenvalue weighted by molar-refractivity contribution is 5.67. The van der Waals surface area contributed by atoms with Crippen molar-refractivity contribution in [1.29, 1.82) is 0 Å². The summed E-state index contributed by atoms with van der Waals surface area (Å²) < 4.78 is 23.0. The third-order valence-electron chi connectivity index (χ3n) is 7.74. The molecule has 2 aliphatic heterocycles. The molecule has 39 heavy (non-hydrogen) atoms. The molecule has 0 saturated carbocycles. The van der Waals surface area contributed by atoms with Crippen molar-refractivity contribution in [2.45, 2.75) is 172 Å². The van der Waals surface area contributed by atoms with E-state index in [1.165, 1.54) is 51.9 Å². The van der Waals surface area contributed by atoms with Gasteiger partial charge in [0.05, 0.1) is 24.7 Å². The fraction of sp³-hybridized carbons (Fsp3) is 0.964. The average molecular weight is 565 g/mol. The molecule has 0 bridgehead atoms. The summed E-state index contributed by atoms with van der Waals surface area (Å²) in [7, 11) is 0. The van der Waals surface area contributed by atoms with E-state index in [9.17, 15) is 35.4 Å². The van der Waals surface area contributed by atoms with Gasteiger partial charge in [0, 0.05) is 0 Å². The first-order chi connectivity index (χ1) is 18.6. The zero-order chi connectivity index (χ0) is 28.9. The largest absolute Gasteiger partial charge is 0.481 e. The minimum atomic E-state index is -1.63. The smallest absolute Gasteiger partial charge is 0.305 e. The van der Waals surface area contributed by atoms with Crippen molar-refractivity contribution in [3.05, 3.63) is 0 Å². The molecule has 0 aromatic carbocycles. The molecule has 2 fully saturated rings. The fourth-order valence-corrected chi connectivity index (χ4v) is 5.18. The van der Waals surface area contributed by atoms with Crippen molar-refractivity contribution < 1.29 is 54.4 Å². The molecule has 2 aliphatic rings. The maximum absolute atomic E-state index is 11.5. The Bertz CT molecular complexity index is 680. The average Bonchev–Trinajstić information content (AvgIpc) is 2.89. The van der Waals surface area contributed by atoms with Crippen LogP contribution >= 0.6 is 0 Å². The maximum Gasteiger partial charge on any atom is 0.305 e.